The number of nitrogens with one attached hydrogen (secondary N) is 1. The Labute approximate surface area is 213 Å². The molecule has 0 saturated heterocycles. The van der Waals surface area contributed by atoms with Crippen LogP contribution >= 0.6 is 11.3 Å². The number of aryl methyl sites for hydroxylation is 2. The van der Waals surface area contributed by atoms with Crippen molar-refractivity contribution in [2.24, 2.45) is 4.99 Å². The van der Waals surface area contributed by atoms with Crippen molar-refractivity contribution in [3.8, 4) is 11.3 Å². The van der Waals surface area contributed by atoms with Crippen LogP contribution in [0.2, 0.25) is 0 Å². The number of thiophene rings is 1. The zero-order valence-corrected chi connectivity index (χ0v) is 21.0. The fourth-order valence-electron chi connectivity index (χ4n) is 4.38. The van der Waals surface area contributed by atoms with E-state index >= 15 is 0 Å². The van der Waals surface area contributed by atoms with Crippen LogP contribution in [0.1, 0.15) is 55.3 Å². The minimum Gasteiger partial charge on any atom is -0.465 e. The van der Waals surface area contributed by atoms with Gasteiger partial charge in [0, 0.05) is 16.1 Å². The first-order valence-corrected chi connectivity index (χ1v) is 12.7. The van der Waals surface area contributed by atoms with Gasteiger partial charge in [0.2, 0.25) is 0 Å². The number of hydrogen-bond donors (Lipinski definition) is 1. The van der Waals surface area contributed by atoms with Crippen molar-refractivity contribution in [3.05, 3.63) is 93.6 Å². The molecule has 0 spiro atoms. The molecule has 7 heteroatoms. The first-order chi connectivity index (χ1) is 17.5. The topological polar surface area (TPSA) is 80.9 Å². The van der Waals surface area contributed by atoms with Gasteiger partial charge in [-0.05, 0) is 68.5 Å². The lowest BCUT2D eigenvalue weighted by molar-refractivity contribution is 0.0601. The molecule has 0 unspecified atom stereocenters. The quantitative estimate of drug-likeness (QED) is 0.230. The summed E-state index contributed by atoms with van der Waals surface area (Å²) in [5.74, 6) is 0.504. The van der Waals surface area contributed by atoms with E-state index in [1.165, 1.54) is 12.0 Å². The van der Waals surface area contributed by atoms with Crippen molar-refractivity contribution in [2.45, 2.75) is 32.6 Å². The summed E-state index contributed by atoms with van der Waals surface area (Å²) in [6, 6.07) is 18.5. The minimum atomic E-state index is -0.425. The number of rotatable bonds is 6. The number of hydrogen-bond acceptors (Lipinski definition) is 6. The van der Waals surface area contributed by atoms with Gasteiger partial charge in [-0.1, -0.05) is 35.9 Å². The molecular formula is C29H26N2O4S. The van der Waals surface area contributed by atoms with E-state index in [4.69, 9.17) is 9.15 Å². The van der Waals surface area contributed by atoms with Crippen molar-refractivity contribution >= 4 is 40.1 Å². The standard InChI is InChI=1S/C29H26N2O4S/c1-18-11-13-19(14-12-18)31-27(32)26-23-9-5-6-10-25(23)36-28(26)30-17-20-15-16-24(35-20)21-7-3-4-8-22(21)29(33)34-2/h3-4,7-8,11-17H,5-6,9-10H2,1-2H3,(H,31,32). The maximum absolute atomic E-state index is 13.3. The molecule has 2 aromatic heterocycles. The van der Waals surface area contributed by atoms with E-state index in [0.29, 0.717) is 33.2 Å². The summed E-state index contributed by atoms with van der Waals surface area (Å²) in [6.45, 7) is 2.02. The lowest BCUT2D eigenvalue weighted by atomic mass is 9.95. The second-order valence-electron chi connectivity index (χ2n) is 8.71. The Morgan fingerprint density at radius 1 is 1.03 bits per heavy atom. The SMILES string of the molecule is COC(=O)c1ccccc1-c1ccc(C=Nc2sc3c(c2C(=O)Nc2ccc(C)cc2)CCCC3)o1. The maximum Gasteiger partial charge on any atom is 0.338 e. The largest absolute Gasteiger partial charge is 0.465 e. The highest BCUT2D eigenvalue weighted by atomic mass is 32.1. The zero-order valence-electron chi connectivity index (χ0n) is 20.2. The number of carbonyl (C=O) groups is 2. The number of anilines is 1. The van der Waals surface area contributed by atoms with E-state index in [1.807, 2.05) is 43.3 Å². The third-order valence-electron chi connectivity index (χ3n) is 6.22. The Morgan fingerprint density at radius 2 is 1.81 bits per heavy atom. The number of fused-ring (bicyclic) bond motifs is 1. The number of aliphatic imine (C=N–C) groups is 1. The molecule has 4 aromatic rings. The van der Waals surface area contributed by atoms with E-state index in [-0.39, 0.29) is 5.91 Å². The molecule has 182 valence electrons. The fourth-order valence-corrected chi connectivity index (χ4v) is 5.61. The van der Waals surface area contributed by atoms with E-state index in [1.54, 1.807) is 41.8 Å². The van der Waals surface area contributed by atoms with Crippen LogP contribution in [-0.2, 0) is 17.6 Å². The van der Waals surface area contributed by atoms with Gasteiger partial charge >= 0.3 is 5.97 Å². The van der Waals surface area contributed by atoms with E-state index in [2.05, 4.69) is 10.3 Å². The Kier molecular flexibility index (Phi) is 6.82. The van der Waals surface area contributed by atoms with Gasteiger partial charge in [0.05, 0.1) is 24.5 Å². The highest BCUT2D eigenvalue weighted by Crippen LogP contribution is 2.40. The van der Waals surface area contributed by atoms with Gasteiger partial charge < -0.3 is 14.5 Å². The molecule has 2 heterocycles. The molecule has 1 amide bonds. The lowest BCUT2D eigenvalue weighted by Gasteiger charge is -2.13. The molecule has 0 radical (unpaired) electrons. The Morgan fingerprint density at radius 3 is 2.61 bits per heavy atom. The summed E-state index contributed by atoms with van der Waals surface area (Å²) in [5, 5.41) is 3.71. The summed E-state index contributed by atoms with van der Waals surface area (Å²) in [7, 11) is 1.35. The second kappa shape index (κ2) is 10.3. The number of ether oxygens (including phenoxy) is 1. The highest BCUT2D eigenvalue weighted by molar-refractivity contribution is 7.16. The maximum atomic E-state index is 13.3. The van der Waals surface area contributed by atoms with E-state index in [9.17, 15) is 9.59 Å². The van der Waals surface area contributed by atoms with Crippen molar-refractivity contribution in [2.75, 3.05) is 12.4 Å². The van der Waals surface area contributed by atoms with E-state index in [0.717, 1.165) is 42.5 Å². The van der Waals surface area contributed by atoms with Gasteiger partial charge in [-0.25, -0.2) is 9.79 Å². The number of methoxy groups -OCH3 is 1. The Balaban J connectivity index is 1.44. The van der Waals surface area contributed by atoms with Gasteiger partial charge in [-0.15, -0.1) is 11.3 Å². The molecule has 5 rings (SSSR count). The van der Waals surface area contributed by atoms with Crippen molar-refractivity contribution in [3.63, 3.8) is 0 Å². The van der Waals surface area contributed by atoms with Gasteiger partial charge in [0.25, 0.3) is 5.91 Å². The van der Waals surface area contributed by atoms with Crippen LogP contribution in [0, 0.1) is 6.92 Å². The molecule has 6 nitrogen and oxygen atoms in total. The van der Waals surface area contributed by atoms with Gasteiger partial charge in [-0.2, -0.15) is 0 Å². The fraction of sp³-hybridized carbons (Fsp3) is 0.207. The third-order valence-corrected chi connectivity index (χ3v) is 7.42. The van der Waals surface area contributed by atoms with Crippen LogP contribution in [0.4, 0.5) is 10.7 Å². The molecule has 0 aliphatic heterocycles. The van der Waals surface area contributed by atoms with Gasteiger partial charge in [0.1, 0.15) is 16.5 Å². The average molecular weight is 499 g/mol. The third kappa shape index (κ3) is 4.88. The predicted molar refractivity (Wildman–Crippen MR) is 143 cm³/mol. The van der Waals surface area contributed by atoms with Crippen molar-refractivity contribution in [1.82, 2.24) is 0 Å². The molecule has 0 fully saturated rings. The van der Waals surface area contributed by atoms with Crippen LogP contribution in [0.3, 0.4) is 0 Å². The van der Waals surface area contributed by atoms with Gasteiger partial charge in [0.15, 0.2) is 0 Å². The van der Waals surface area contributed by atoms with Crippen LogP contribution in [-0.4, -0.2) is 25.2 Å². The smallest absolute Gasteiger partial charge is 0.338 e. The molecule has 2 aromatic carbocycles. The number of nitrogens with zero attached hydrogens (tertiary/aromatic N) is 1. The molecule has 1 N–H and O–H groups in total. The molecule has 0 bridgehead atoms. The molecule has 1 aliphatic rings. The number of benzene rings is 2. The summed E-state index contributed by atoms with van der Waals surface area (Å²) < 4.78 is 10.9. The number of esters is 1. The van der Waals surface area contributed by atoms with Crippen LogP contribution in [0.5, 0.6) is 0 Å². The molecule has 0 saturated carbocycles. The first-order valence-electron chi connectivity index (χ1n) is 11.9. The Hall–Kier alpha value is -3.97. The summed E-state index contributed by atoms with van der Waals surface area (Å²) in [5.41, 5.74) is 4.73. The van der Waals surface area contributed by atoms with Crippen LogP contribution in [0.25, 0.3) is 11.3 Å². The minimum absolute atomic E-state index is 0.141. The predicted octanol–water partition coefficient (Wildman–Crippen LogP) is 6.98. The Bertz CT molecular complexity index is 1450. The van der Waals surface area contributed by atoms with Crippen molar-refractivity contribution < 1.29 is 18.7 Å². The van der Waals surface area contributed by atoms with E-state index < -0.39 is 5.97 Å². The zero-order chi connectivity index (χ0) is 25.1. The van der Waals surface area contributed by atoms with Crippen LogP contribution < -0.4 is 5.32 Å². The molecule has 36 heavy (non-hydrogen) atoms. The number of carbonyl (C=O) groups excluding carboxylic acids is 2. The molecule has 1 aliphatic carbocycles. The second-order valence-corrected chi connectivity index (χ2v) is 9.79. The first kappa shape index (κ1) is 23.8. The highest BCUT2D eigenvalue weighted by Gasteiger charge is 2.25. The lowest BCUT2D eigenvalue weighted by Crippen LogP contribution is -2.14. The summed E-state index contributed by atoms with van der Waals surface area (Å²) in [6.07, 6.45) is 5.67. The summed E-state index contributed by atoms with van der Waals surface area (Å²) in [4.78, 5) is 31.4. The normalized spacial score (nSPS) is 12.9. The monoisotopic (exact) mass is 498 g/mol. The number of amides is 1. The number of furan rings is 1. The van der Waals surface area contributed by atoms with Crippen molar-refractivity contribution in [1.29, 1.82) is 0 Å². The average Bonchev–Trinajstić information content (AvgIpc) is 3.53. The molecule has 0 atom stereocenters. The summed E-state index contributed by atoms with van der Waals surface area (Å²) >= 11 is 1.57. The molecular weight excluding hydrogens is 472 g/mol. The van der Waals surface area contributed by atoms with Crippen LogP contribution in [0.15, 0.2) is 70.1 Å². The van der Waals surface area contributed by atoms with Gasteiger partial charge in [-0.3, -0.25) is 4.79 Å².